The molecule has 0 radical (unpaired) electrons. The van der Waals surface area contributed by atoms with Crippen LogP contribution in [0.1, 0.15) is 28.1 Å². The number of rotatable bonds is 8. The zero-order valence-corrected chi connectivity index (χ0v) is 19.2. The third-order valence-electron chi connectivity index (χ3n) is 5.62. The first kappa shape index (κ1) is 22.1. The molecule has 0 aliphatic carbocycles. The highest BCUT2D eigenvalue weighted by Crippen LogP contribution is 2.35. The van der Waals surface area contributed by atoms with Crippen molar-refractivity contribution in [1.29, 1.82) is 0 Å². The maximum atomic E-state index is 12.7. The van der Waals surface area contributed by atoms with Gasteiger partial charge in [-0.05, 0) is 43.7 Å². The molecule has 2 heterocycles. The van der Waals surface area contributed by atoms with E-state index in [0.29, 0.717) is 29.1 Å². The summed E-state index contributed by atoms with van der Waals surface area (Å²) in [5.74, 6) is 0.655. The minimum absolute atomic E-state index is 0.157. The van der Waals surface area contributed by atoms with Gasteiger partial charge in [0.05, 0.1) is 5.02 Å². The van der Waals surface area contributed by atoms with E-state index in [9.17, 15) is 4.79 Å². The van der Waals surface area contributed by atoms with Crippen molar-refractivity contribution in [1.82, 2.24) is 10.2 Å². The van der Waals surface area contributed by atoms with E-state index in [2.05, 4.69) is 17.3 Å². The van der Waals surface area contributed by atoms with Crippen LogP contribution in [0, 0.1) is 0 Å². The Hall–Kier alpha value is -2.12. The van der Waals surface area contributed by atoms with Crippen LogP contribution in [-0.2, 0) is 11.3 Å². The van der Waals surface area contributed by atoms with Crippen molar-refractivity contribution in [2.24, 2.45) is 0 Å². The summed E-state index contributed by atoms with van der Waals surface area (Å²) >= 11 is 7.83. The summed E-state index contributed by atoms with van der Waals surface area (Å²) in [7, 11) is 2.14. The van der Waals surface area contributed by atoms with Gasteiger partial charge in [0.1, 0.15) is 17.2 Å². The summed E-state index contributed by atoms with van der Waals surface area (Å²) in [5.41, 5.74) is 0.987. The number of hydrogen-bond donors (Lipinski definition) is 1. The topological polar surface area (TPSA) is 50.8 Å². The number of nitrogens with one attached hydrogen (secondary N) is 1. The maximum absolute atomic E-state index is 12.7. The first-order valence-electron chi connectivity index (χ1n) is 10.6. The molecule has 1 amide bonds. The van der Waals surface area contributed by atoms with Crippen molar-refractivity contribution < 1.29 is 14.3 Å². The first-order chi connectivity index (χ1) is 15.1. The molecule has 7 heteroatoms. The zero-order chi connectivity index (χ0) is 21.6. The number of thiophene rings is 1. The van der Waals surface area contributed by atoms with E-state index < -0.39 is 0 Å². The minimum atomic E-state index is -0.157. The van der Waals surface area contributed by atoms with Crippen LogP contribution in [0.25, 0.3) is 10.1 Å². The molecule has 1 aliphatic heterocycles. The van der Waals surface area contributed by atoms with Crippen LogP contribution in [-0.4, -0.2) is 50.3 Å². The van der Waals surface area contributed by atoms with Gasteiger partial charge in [-0.25, -0.2) is 0 Å². The maximum Gasteiger partial charge on any atom is 0.263 e. The highest BCUT2D eigenvalue weighted by Gasteiger charge is 2.18. The van der Waals surface area contributed by atoms with E-state index in [0.717, 1.165) is 54.0 Å². The lowest BCUT2D eigenvalue weighted by atomic mass is 10.1. The Morgan fingerprint density at radius 3 is 2.84 bits per heavy atom. The van der Waals surface area contributed by atoms with Crippen molar-refractivity contribution in [2.75, 3.05) is 33.4 Å². The van der Waals surface area contributed by atoms with E-state index in [1.807, 2.05) is 48.5 Å². The normalized spacial score (nSPS) is 14.8. The van der Waals surface area contributed by atoms with E-state index >= 15 is 0 Å². The molecule has 1 saturated heterocycles. The molecule has 0 unspecified atom stereocenters. The van der Waals surface area contributed by atoms with E-state index in [4.69, 9.17) is 21.1 Å². The van der Waals surface area contributed by atoms with Crippen molar-refractivity contribution >= 4 is 38.9 Å². The lowest BCUT2D eigenvalue weighted by Crippen LogP contribution is -2.38. The van der Waals surface area contributed by atoms with Crippen LogP contribution in [0.15, 0.2) is 48.5 Å². The fourth-order valence-corrected chi connectivity index (χ4v) is 5.22. The van der Waals surface area contributed by atoms with Crippen LogP contribution < -0.4 is 10.1 Å². The number of halogens is 1. The SMILES string of the molecule is CN(CCOc1cccc(CNC(=O)c2sc3ccccc3c2Cl)c1)C1CCOCC1. The average molecular weight is 459 g/mol. The third kappa shape index (κ3) is 5.57. The van der Waals surface area contributed by atoms with Crippen molar-refractivity contribution in [3.05, 3.63) is 64.0 Å². The highest BCUT2D eigenvalue weighted by atomic mass is 35.5. The van der Waals surface area contributed by atoms with Gasteiger partial charge in [-0.1, -0.05) is 41.9 Å². The molecule has 164 valence electrons. The van der Waals surface area contributed by atoms with Crippen LogP contribution in [0.2, 0.25) is 5.02 Å². The average Bonchev–Trinajstić information content (AvgIpc) is 3.15. The Morgan fingerprint density at radius 2 is 2.03 bits per heavy atom. The Bertz CT molecular complexity index is 1030. The number of amides is 1. The Kier molecular flexibility index (Phi) is 7.45. The molecule has 1 fully saturated rings. The molecule has 5 nitrogen and oxygen atoms in total. The minimum Gasteiger partial charge on any atom is -0.492 e. The summed E-state index contributed by atoms with van der Waals surface area (Å²) in [6.07, 6.45) is 2.16. The van der Waals surface area contributed by atoms with Gasteiger partial charge >= 0.3 is 0 Å². The lowest BCUT2D eigenvalue weighted by molar-refractivity contribution is 0.0392. The molecule has 4 rings (SSSR count). The predicted molar refractivity (Wildman–Crippen MR) is 126 cm³/mol. The van der Waals surface area contributed by atoms with Gasteiger partial charge in [0, 0.05) is 42.4 Å². The quantitative estimate of drug-likeness (QED) is 0.517. The summed E-state index contributed by atoms with van der Waals surface area (Å²) in [4.78, 5) is 15.6. The predicted octanol–water partition coefficient (Wildman–Crippen LogP) is 4.97. The third-order valence-corrected chi connectivity index (χ3v) is 7.29. The van der Waals surface area contributed by atoms with Gasteiger partial charge in [-0.2, -0.15) is 0 Å². The molecular formula is C24H27ClN2O3S. The van der Waals surface area contributed by atoms with Gasteiger partial charge in [0.15, 0.2) is 0 Å². The van der Waals surface area contributed by atoms with Gasteiger partial charge in [0.25, 0.3) is 5.91 Å². The summed E-state index contributed by atoms with van der Waals surface area (Å²) in [6, 6.07) is 16.2. The summed E-state index contributed by atoms with van der Waals surface area (Å²) in [6.45, 7) is 3.60. The highest BCUT2D eigenvalue weighted by molar-refractivity contribution is 7.21. The molecule has 3 aromatic rings. The standard InChI is InChI=1S/C24H27ClN2O3S/c1-27(18-9-12-29-13-10-18)11-14-30-19-6-4-5-17(15-19)16-26-24(28)23-22(25)20-7-2-3-8-21(20)31-23/h2-8,15,18H,9-14,16H2,1H3,(H,26,28). The molecule has 1 N–H and O–H groups in total. The van der Waals surface area contributed by atoms with Crippen LogP contribution >= 0.6 is 22.9 Å². The molecule has 0 bridgehead atoms. The van der Waals surface area contributed by atoms with E-state index in [-0.39, 0.29) is 5.91 Å². The number of ether oxygens (including phenoxy) is 2. The summed E-state index contributed by atoms with van der Waals surface area (Å²) < 4.78 is 12.4. The van der Waals surface area contributed by atoms with Gasteiger partial charge in [0.2, 0.25) is 0 Å². The van der Waals surface area contributed by atoms with Gasteiger partial charge < -0.3 is 14.8 Å². The van der Waals surface area contributed by atoms with Crippen molar-refractivity contribution in [3.8, 4) is 5.75 Å². The van der Waals surface area contributed by atoms with E-state index in [1.54, 1.807) is 0 Å². The Morgan fingerprint density at radius 1 is 1.23 bits per heavy atom. The number of carbonyl (C=O) groups is 1. The fourth-order valence-electron chi connectivity index (χ4n) is 3.78. The number of likely N-dealkylation sites (N-methyl/N-ethyl adjacent to an activating group) is 1. The van der Waals surface area contributed by atoms with Crippen molar-refractivity contribution in [2.45, 2.75) is 25.4 Å². The largest absolute Gasteiger partial charge is 0.492 e. The fraction of sp³-hybridized carbons (Fsp3) is 0.375. The van der Waals surface area contributed by atoms with Crippen LogP contribution in [0.4, 0.5) is 0 Å². The molecule has 1 aliphatic rings. The monoisotopic (exact) mass is 458 g/mol. The molecule has 0 atom stereocenters. The van der Waals surface area contributed by atoms with E-state index in [1.165, 1.54) is 11.3 Å². The molecular weight excluding hydrogens is 432 g/mol. The molecule has 2 aromatic carbocycles. The second-order valence-corrected chi connectivity index (χ2v) is 9.17. The smallest absolute Gasteiger partial charge is 0.263 e. The van der Waals surface area contributed by atoms with Crippen LogP contribution in [0.3, 0.4) is 0 Å². The van der Waals surface area contributed by atoms with Gasteiger partial charge in [-0.15, -0.1) is 11.3 Å². The number of benzene rings is 2. The molecule has 0 saturated carbocycles. The number of carbonyl (C=O) groups excluding carboxylic acids is 1. The lowest BCUT2D eigenvalue weighted by Gasteiger charge is -2.31. The summed E-state index contributed by atoms with van der Waals surface area (Å²) in [5, 5.41) is 4.41. The number of fused-ring (bicyclic) bond motifs is 1. The van der Waals surface area contributed by atoms with Crippen LogP contribution in [0.5, 0.6) is 5.75 Å². The number of nitrogens with zero attached hydrogens (tertiary/aromatic N) is 1. The molecule has 0 spiro atoms. The molecule has 31 heavy (non-hydrogen) atoms. The molecule has 1 aromatic heterocycles. The second-order valence-electron chi connectivity index (χ2n) is 7.74. The Balaban J connectivity index is 1.29. The van der Waals surface area contributed by atoms with Gasteiger partial charge in [-0.3, -0.25) is 9.69 Å². The zero-order valence-electron chi connectivity index (χ0n) is 17.6. The second kappa shape index (κ2) is 10.5. The Labute approximate surface area is 191 Å². The number of hydrogen-bond acceptors (Lipinski definition) is 5. The first-order valence-corrected chi connectivity index (χ1v) is 11.8. The van der Waals surface area contributed by atoms with Crippen molar-refractivity contribution in [3.63, 3.8) is 0 Å².